The number of carbonyl (C=O) groups is 1. The van der Waals surface area contributed by atoms with Gasteiger partial charge in [-0.3, -0.25) is 0 Å². The van der Waals surface area contributed by atoms with E-state index >= 15 is 0 Å². The van der Waals surface area contributed by atoms with E-state index in [1.54, 1.807) is 19.1 Å². The van der Waals surface area contributed by atoms with Crippen molar-refractivity contribution in [3.05, 3.63) is 35.7 Å². The van der Waals surface area contributed by atoms with Crippen LogP contribution in [-0.2, 0) is 0 Å². The molecule has 0 bridgehead atoms. The fraction of sp³-hybridized carbons (Fsp3) is 0.250. The van der Waals surface area contributed by atoms with Crippen LogP contribution in [0.5, 0.6) is 5.75 Å². The molecule has 96 valence electrons. The van der Waals surface area contributed by atoms with Gasteiger partial charge in [0.05, 0.1) is 6.20 Å². The normalized spacial score (nSPS) is 11.1. The molecular weight excluding hydrogens is 244 g/mol. The summed E-state index contributed by atoms with van der Waals surface area (Å²) in [4.78, 5) is 11.1. The van der Waals surface area contributed by atoms with Crippen LogP contribution in [0, 0.1) is 6.92 Å². The van der Waals surface area contributed by atoms with Crippen molar-refractivity contribution in [3.8, 4) is 5.75 Å². The molecule has 4 nitrogen and oxygen atoms in total. The van der Waals surface area contributed by atoms with E-state index in [1.165, 1.54) is 16.7 Å². The van der Waals surface area contributed by atoms with Crippen LogP contribution in [-0.4, -0.2) is 28.5 Å². The van der Waals surface area contributed by atoms with E-state index in [4.69, 9.17) is 9.84 Å². The fourth-order valence-electron chi connectivity index (χ4n) is 1.80. The van der Waals surface area contributed by atoms with Crippen LogP contribution in [0.25, 0.3) is 5.52 Å². The lowest BCUT2D eigenvalue weighted by molar-refractivity contribution is 0.0687. The zero-order chi connectivity index (χ0) is 13.3. The first-order valence-corrected chi connectivity index (χ1v) is 5.25. The number of carboxylic acid groups (broad SMARTS) is 1. The third kappa shape index (κ3) is 2.27. The summed E-state index contributed by atoms with van der Waals surface area (Å²) < 4.78 is 30.3. The smallest absolute Gasteiger partial charge is 0.353 e. The second-order valence-corrected chi connectivity index (χ2v) is 3.84. The lowest BCUT2D eigenvalue weighted by Gasteiger charge is -2.07. The molecule has 0 aliphatic heterocycles. The number of aromatic carboxylic acids is 1. The maximum Gasteiger partial charge on any atom is 0.353 e. The zero-order valence-electron chi connectivity index (χ0n) is 9.56. The standard InChI is InChI=1S/C12H11F2NO3/c1-7-4-8-2-3-9(18-6-10(13)14)5-15(8)11(7)12(16)17/h2-5,10H,6H2,1H3,(H,16,17). The molecule has 0 aromatic carbocycles. The largest absolute Gasteiger partial charge is 0.486 e. The van der Waals surface area contributed by atoms with Crippen LogP contribution in [0.1, 0.15) is 16.1 Å². The van der Waals surface area contributed by atoms with Gasteiger partial charge in [-0.2, -0.15) is 0 Å². The van der Waals surface area contributed by atoms with Gasteiger partial charge in [-0.1, -0.05) is 0 Å². The van der Waals surface area contributed by atoms with E-state index in [1.807, 2.05) is 0 Å². The zero-order valence-corrected chi connectivity index (χ0v) is 9.56. The van der Waals surface area contributed by atoms with Gasteiger partial charge in [0.15, 0.2) is 0 Å². The third-order valence-corrected chi connectivity index (χ3v) is 2.51. The van der Waals surface area contributed by atoms with Crippen LogP contribution in [0.2, 0.25) is 0 Å². The van der Waals surface area contributed by atoms with Crippen molar-refractivity contribution in [2.75, 3.05) is 6.61 Å². The molecule has 0 saturated heterocycles. The van der Waals surface area contributed by atoms with Crippen LogP contribution in [0.4, 0.5) is 8.78 Å². The summed E-state index contributed by atoms with van der Waals surface area (Å²) in [5.41, 5.74) is 1.38. The van der Waals surface area contributed by atoms with Gasteiger partial charge in [0.2, 0.25) is 0 Å². The molecule has 0 atom stereocenters. The summed E-state index contributed by atoms with van der Waals surface area (Å²) in [6, 6.07) is 4.86. The Morgan fingerprint density at radius 1 is 1.50 bits per heavy atom. The number of aryl methyl sites for hydroxylation is 1. The van der Waals surface area contributed by atoms with Crippen LogP contribution in [0.15, 0.2) is 24.4 Å². The van der Waals surface area contributed by atoms with Gasteiger partial charge in [-0.15, -0.1) is 0 Å². The predicted octanol–water partition coefficient (Wildman–Crippen LogP) is 2.59. The molecule has 0 aliphatic carbocycles. The minimum atomic E-state index is -2.56. The van der Waals surface area contributed by atoms with E-state index in [0.717, 1.165) is 0 Å². The molecule has 0 fully saturated rings. The molecule has 2 aromatic rings. The van der Waals surface area contributed by atoms with Crippen molar-refractivity contribution in [2.45, 2.75) is 13.3 Å². The molecule has 2 heterocycles. The number of nitrogens with zero attached hydrogens (tertiary/aromatic N) is 1. The monoisotopic (exact) mass is 255 g/mol. The Labute approximate surface area is 101 Å². The third-order valence-electron chi connectivity index (χ3n) is 2.51. The predicted molar refractivity (Wildman–Crippen MR) is 60.6 cm³/mol. The maximum atomic E-state index is 12.0. The summed E-state index contributed by atoms with van der Waals surface area (Å²) in [6.07, 6.45) is -1.17. The van der Waals surface area contributed by atoms with Crippen LogP contribution < -0.4 is 4.74 Å². The Bertz CT molecular complexity index is 592. The van der Waals surface area contributed by atoms with E-state index in [9.17, 15) is 13.6 Å². The summed E-state index contributed by atoms with van der Waals surface area (Å²) in [6.45, 7) is 0.963. The molecule has 0 radical (unpaired) electrons. The second kappa shape index (κ2) is 4.64. The number of rotatable bonds is 4. The first kappa shape index (κ1) is 12.3. The summed E-state index contributed by atoms with van der Waals surface area (Å²) in [5.74, 6) is -0.862. The number of fused-ring (bicyclic) bond motifs is 1. The number of pyridine rings is 1. The van der Waals surface area contributed by atoms with Crippen LogP contribution >= 0.6 is 0 Å². The molecule has 1 N–H and O–H groups in total. The topological polar surface area (TPSA) is 50.9 Å². The number of ether oxygens (including phenoxy) is 1. The van der Waals surface area contributed by atoms with Gasteiger partial charge in [-0.05, 0) is 30.7 Å². The number of carboxylic acids is 1. The van der Waals surface area contributed by atoms with E-state index < -0.39 is 19.0 Å². The van der Waals surface area contributed by atoms with Gasteiger partial charge >= 0.3 is 5.97 Å². The summed E-state index contributed by atoms with van der Waals surface area (Å²) in [5, 5.41) is 9.08. The van der Waals surface area contributed by atoms with Crippen molar-refractivity contribution in [1.82, 2.24) is 4.40 Å². The Morgan fingerprint density at radius 3 is 2.83 bits per heavy atom. The van der Waals surface area contributed by atoms with Crippen molar-refractivity contribution in [1.29, 1.82) is 0 Å². The number of hydrogen-bond acceptors (Lipinski definition) is 2. The maximum absolute atomic E-state index is 12.0. The number of aromatic nitrogens is 1. The second-order valence-electron chi connectivity index (χ2n) is 3.84. The van der Waals surface area contributed by atoms with E-state index in [2.05, 4.69) is 0 Å². The fourth-order valence-corrected chi connectivity index (χ4v) is 1.80. The number of halogens is 2. The highest BCUT2D eigenvalue weighted by molar-refractivity contribution is 5.89. The van der Waals surface area contributed by atoms with Crippen molar-refractivity contribution < 1.29 is 23.4 Å². The Kier molecular flexibility index (Phi) is 3.18. The molecule has 0 saturated carbocycles. The molecule has 2 aromatic heterocycles. The SMILES string of the molecule is Cc1cc2ccc(OCC(F)F)cn2c1C(=O)O. The quantitative estimate of drug-likeness (QED) is 0.913. The average molecular weight is 255 g/mol. The van der Waals surface area contributed by atoms with Gasteiger partial charge in [0.1, 0.15) is 18.1 Å². The van der Waals surface area contributed by atoms with Crippen molar-refractivity contribution in [2.24, 2.45) is 0 Å². The Morgan fingerprint density at radius 2 is 2.22 bits per heavy atom. The minimum Gasteiger partial charge on any atom is -0.486 e. The molecular formula is C12H11F2NO3. The van der Waals surface area contributed by atoms with Crippen LogP contribution in [0.3, 0.4) is 0 Å². The van der Waals surface area contributed by atoms with Crippen molar-refractivity contribution >= 4 is 11.5 Å². The van der Waals surface area contributed by atoms with Gasteiger partial charge in [0.25, 0.3) is 6.43 Å². The molecule has 6 heteroatoms. The van der Waals surface area contributed by atoms with E-state index in [0.29, 0.717) is 11.1 Å². The first-order valence-electron chi connectivity index (χ1n) is 5.25. The highest BCUT2D eigenvalue weighted by atomic mass is 19.3. The first-order chi connectivity index (χ1) is 8.49. The minimum absolute atomic E-state index is 0.104. The highest BCUT2D eigenvalue weighted by Gasteiger charge is 2.14. The molecule has 0 aliphatic rings. The van der Waals surface area contributed by atoms with Crippen molar-refractivity contribution in [3.63, 3.8) is 0 Å². The number of alkyl halides is 2. The highest BCUT2D eigenvalue weighted by Crippen LogP contribution is 2.20. The summed E-state index contributed by atoms with van der Waals surface area (Å²) in [7, 11) is 0. The summed E-state index contributed by atoms with van der Waals surface area (Å²) >= 11 is 0. The molecule has 0 unspecified atom stereocenters. The lowest BCUT2D eigenvalue weighted by Crippen LogP contribution is -2.08. The Balaban J connectivity index is 2.42. The number of hydrogen-bond donors (Lipinski definition) is 1. The molecule has 0 amide bonds. The van der Waals surface area contributed by atoms with Gasteiger partial charge < -0.3 is 14.2 Å². The van der Waals surface area contributed by atoms with Gasteiger partial charge in [-0.25, -0.2) is 13.6 Å². The lowest BCUT2D eigenvalue weighted by atomic mass is 10.3. The molecule has 0 spiro atoms. The van der Waals surface area contributed by atoms with Gasteiger partial charge in [0, 0.05) is 5.52 Å². The van der Waals surface area contributed by atoms with E-state index in [-0.39, 0.29) is 11.4 Å². The Hall–Kier alpha value is -2.11. The average Bonchev–Trinajstić information content (AvgIpc) is 2.61. The molecule has 18 heavy (non-hydrogen) atoms. The molecule has 2 rings (SSSR count).